The van der Waals surface area contributed by atoms with Crippen molar-refractivity contribution in [2.45, 2.75) is 13.8 Å². The van der Waals surface area contributed by atoms with Crippen LogP contribution in [0.5, 0.6) is 0 Å². The SMILES string of the molecule is Cc1ccc(N=Cc2ccc(Br)o2)c(C)c1. The number of aryl methyl sites for hydroxylation is 2. The van der Waals surface area contributed by atoms with E-state index in [1.807, 2.05) is 18.2 Å². The largest absolute Gasteiger partial charge is 0.448 e. The molecular formula is C13H12BrNO. The van der Waals surface area contributed by atoms with Gasteiger partial charge < -0.3 is 4.42 Å². The summed E-state index contributed by atoms with van der Waals surface area (Å²) in [5.74, 6) is 0.742. The molecule has 1 aromatic heterocycles. The summed E-state index contributed by atoms with van der Waals surface area (Å²) >= 11 is 3.25. The summed E-state index contributed by atoms with van der Waals surface area (Å²) in [6.07, 6.45) is 1.72. The van der Waals surface area contributed by atoms with Crippen molar-refractivity contribution in [1.29, 1.82) is 0 Å². The van der Waals surface area contributed by atoms with Gasteiger partial charge in [0.05, 0.1) is 11.9 Å². The van der Waals surface area contributed by atoms with Gasteiger partial charge in [0.25, 0.3) is 0 Å². The van der Waals surface area contributed by atoms with Crippen LogP contribution in [0, 0.1) is 13.8 Å². The maximum Gasteiger partial charge on any atom is 0.169 e. The zero-order chi connectivity index (χ0) is 11.5. The van der Waals surface area contributed by atoms with Gasteiger partial charge in [0.1, 0.15) is 5.76 Å². The molecule has 0 amide bonds. The molecule has 82 valence electrons. The average Bonchev–Trinajstić information content (AvgIpc) is 2.63. The average molecular weight is 278 g/mol. The standard InChI is InChI=1S/C13H12BrNO/c1-9-3-5-12(10(2)7-9)15-8-11-4-6-13(14)16-11/h3-8H,1-2H3. The van der Waals surface area contributed by atoms with Crippen molar-refractivity contribution >= 4 is 27.8 Å². The Bertz CT molecular complexity index is 528. The van der Waals surface area contributed by atoms with Gasteiger partial charge in [-0.1, -0.05) is 17.7 Å². The minimum absolute atomic E-state index is 0.717. The summed E-state index contributed by atoms with van der Waals surface area (Å²) in [5.41, 5.74) is 3.39. The van der Waals surface area contributed by atoms with Crippen molar-refractivity contribution in [2.24, 2.45) is 4.99 Å². The molecule has 16 heavy (non-hydrogen) atoms. The number of hydrogen-bond donors (Lipinski definition) is 0. The Labute approximate surface area is 103 Å². The maximum absolute atomic E-state index is 5.34. The zero-order valence-corrected chi connectivity index (χ0v) is 10.8. The Balaban J connectivity index is 2.23. The third-order valence-electron chi connectivity index (χ3n) is 2.28. The smallest absolute Gasteiger partial charge is 0.169 e. The van der Waals surface area contributed by atoms with E-state index in [4.69, 9.17) is 4.42 Å². The first-order valence-corrected chi connectivity index (χ1v) is 5.81. The minimum Gasteiger partial charge on any atom is -0.448 e. The fourth-order valence-corrected chi connectivity index (χ4v) is 1.80. The molecule has 0 radical (unpaired) electrons. The van der Waals surface area contributed by atoms with Crippen molar-refractivity contribution in [1.82, 2.24) is 0 Å². The summed E-state index contributed by atoms with van der Waals surface area (Å²) < 4.78 is 6.05. The summed E-state index contributed by atoms with van der Waals surface area (Å²) in [6.45, 7) is 4.13. The molecule has 0 aliphatic heterocycles. The second-order valence-corrected chi connectivity index (χ2v) is 4.47. The first-order chi connectivity index (χ1) is 7.65. The molecule has 0 saturated heterocycles. The second kappa shape index (κ2) is 4.66. The lowest BCUT2D eigenvalue weighted by Crippen LogP contribution is -1.79. The van der Waals surface area contributed by atoms with Gasteiger partial charge in [0, 0.05) is 0 Å². The van der Waals surface area contributed by atoms with Crippen LogP contribution >= 0.6 is 15.9 Å². The fourth-order valence-electron chi connectivity index (χ4n) is 1.48. The van der Waals surface area contributed by atoms with Gasteiger partial charge in [-0.25, -0.2) is 0 Å². The van der Waals surface area contributed by atoms with Crippen LogP contribution in [-0.4, -0.2) is 6.21 Å². The topological polar surface area (TPSA) is 25.5 Å². The lowest BCUT2D eigenvalue weighted by atomic mass is 10.1. The number of hydrogen-bond acceptors (Lipinski definition) is 2. The van der Waals surface area contributed by atoms with Gasteiger partial charge in [0.15, 0.2) is 4.67 Å². The van der Waals surface area contributed by atoms with Crippen LogP contribution in [0.2, 0.25) is 0 Å². The molecule has 0 N–H and O–H groups in total. The predicted octanol–water partition coefficient (Wildman–Crippen LogP) is 4.41. The first-order valence-electron chi connectivity index (χ1n) is 5.02. The highest BCUT2D eigenvalue weighted by Gasteiger charge is 1.97. The van der Waals surface area contributed by atoms with Crippen LogP contribution in [0.15, 0.2) is 44.4 Å². The third-order valence-corrected chi connectivity index (χ3v) is 2.70. The molecule has 2 aromatic rings. The van der Waals surface area contributed by atoms with Crippen molar-refractivity contribution in [3.8, 4) is 0 Å². The zero-order valence-electron chi connectivity index (χ0n) is 9.20. The van der Waals surface area contributed by atoms with Gasteiger partial charge in [0.2, 0.25) is 0 Å². The van der Waals surface area contributed by atoms with Crippen molar-refractivity contribution in [3.63, 3.8) is 0 Å². The number of halogens is 1. The van der Waals surface area contributed by atoms with Crippen molar-refractivity contribution in [3.05, 3.63) is 51.9 Å². The molecule has 2 rings (SSSR count). The van der Waals surface area contributed by atoms with Gasteiger partial charge in [-0.3, -0.25) is 4.99 Å². The van der Waals surface area contributed by atoms with E-state index in [9.17, 15) is 0 Å². The highest BCUT2D eigenvalue weighted by Crippen LogP contribution is 2.20. The van der Waals surface area contributed by atoms with Gasteiger partial charge in [-0.05, 0) is 53.5 Å². The number of furan rings is 1. The molecule has 0 aliphatic rings. The van der Waals surface area contributed by atoms with E-state index >= 15 is 0 Å². The molecule has 2 nitrogen and oxygen atoms in total. The Kier molecular flexibility index (Phi) is 3.25. The molecule has 0 saturated carbocycles. The molecule has 1 heterocycles. The Morgan fingerprint density at radius 3 is 2.62 bits per heavy atom. The highest BCUT2D eigenvalue weighted by molar-refractivity contribution is 9.10. The summed E-state index contributed by atoms with van der Waals surface area (Å²) in [7, 11) is 0. The van der Waals surface area contributed by atoms with Crippen LogP contribution in [0.4, 0.5) is 5.69 Å². The quantitative estimate of drug-likeness (QED) is 0.747. The Morgan fingerprint density at radius 1 is 1.19 bits per heavy atom. The Hall–Kier alpha value is -1.35. The molecule has 0 unspecified atom stereocenters. The maximum atomic E-state index is 5.34. The summed E-state index contributed by atoms with van der Waals surface area (Å²) in [5, 5.41) is 0. The van der Waals surface area contributed by atoms with Crippen molar-refractivity contribution in [2.75, 3.05) is 0 Å². The van der Waals surface area contributed by atoms with Crippen LogP contribution in [-0.2, 0) is 0 Å². The number of rotatable bonds is 2. The van der Waals surface area contributed by atoms with Crippen LogP contribution in [0.25, 0.3) is 0 Å². The summed E-state index contributed by atoms with van der Waals surface area (Å²) in [6, 6.07) is 9.90. The number of nitrogens with zero attached hydrogens (tertiary/aromatic N) is 1. The van der Waals surface area contributed by atoms with Gasteiger partial charge in [-0.2, -0.15) is 0 Å². The number of benzene rings is 1. The number of aliphatic imine (C=N–C) groups is 1. The van der Waals surface area contributed by atoms with E-state index in [0.717, 1.165) is 16.1 Å². The minimum atomic E-state index is 0.717. The van der Waals surface area contributed by atoms with Crippen molar-refractivity contribution < 1.29 is 4.42 Å². The molecule has 3 heteroatoms. The Morgan fingerprint density at radius 2 is 2.00 bits per heavy atom. The summed E-state index contributed by atoms with van der Waals surface area (Å²) in [4.78, 5) is 4.39. The molecule has 0 aliphatic carbocycles. The fraction of sp³-hybridized carbons (Fsp3) is 0.154. The lowest BCUT2D eigenvalue weighted by molar-refractivity contribution is 0.535. The highest BCUT2D eigenvalue weighted by atomic mass is 79.9. The second-order valence-electron chi connectivity index (χ2n) is 3.69. The van der Waals surface area contributed by atoms with Gasteiger partial charge >= 0.3 is 0 Å². The van der Waals surface area contributed by atoms with E-state index in [-0.39, 0.29) is 0 Å². The van der Waals surface area contributed by atoms with E-state index in [1.165, 1.54) is 11.1 Å². The van der Waals surface area contributed by atoms with Crippen LogP contribution < -0.4 is 0 Å². The van der Waals surface area contributed by atoms with E-state index < -0.39 is 0 Å². The lowest BCUT2D eigenvalue weighted by Gasteiger charge is -2.00. The molecule has 0 bridgehead atoms. The van der Waals surface area contributed by atoms with Gasteiger partial charge in [-0.15, -0.1) is 0 Å². The molecule has 0 spiro atoms. The molecular weight excluding hydrogens is 266 g/mol. The van der Waals surface area contributed by atoms with E-state index in [0.29, 0.717) is 0 Å². The molecule has 0 fully saturated rings. The third kappa shape index (κ3) is 2.61. The first kappa shape index (κ1) is 11.1. The van der Waals surface area contributed by atoms with E-state index in [2.05, 4.69) is 46.9 Å². The van der Waals surface area contributed by atoms with Crippen LogP contribution in [0.1, 0.15) is 16.9 Å². The predicted molar refractivity (Wildman–Crippen MR) is 69.6 cm³/mol. The normalized spacial score (nSPS) is 11.2. The monoisotopic (exact) mass is 277 g/mol. The van der Waals surface area contributed by atoms with Crippen LogP contribution in [0.3, 0.4) is 0 Å². The van der Waals surface area contributed by atoms with E-state index in [1.54, 1.807) is 6.21 Å². The molecule has 1 aromatic carbocycles. The molecule has 0 atom stereocenters.